The van der Waals surface area contributed by atoms with Gasteiger partial charge < -0.3 is 14.1 Å². The number of nitrogens with zero attached hydrogens (tertiary/aromatic N) is 1. The molecule has 12 aromatic carbocycles. The number of para-hydroxylation sites is 1. The van der Waals surface area contributed by atoms with Crippen LogP contribution < -0.4 is 9.64 Å². The van der Waals surface area contributed by atoms with Crippen LogP contribution >= 0.6 is 0 Å². The van der Waals surface area contributed by atoms with E-state index in [1.165, 1.54) is 66.8 Å². The Bertz CT molecular complexity index is 4430. The van der Waals surface area contributed by atoms with E-state index >= 15 is 0 Å². The molecule has 2 heterocycles. The second-order valence-corrected chi connectivity index (χ2v) is 20.2. The minimum atomic E-state index is -0.712. The molecule has 13 aromatic rings. The third kappa shape index (κ3) is 4.85. The standard InChI is InChI=1S/C70H41NO2/c1-3-18-46-42(16-1)32-37-60-67(46)73-68-47-19-4-2-17-43(47)33-38-61(68)70(60)58-28-13-8-24-53(58)66-59(70)29-15-30-63(66)71(44-35-39-65-54(40-44)52-23-9-14-31-64(52)72-65)45-34-36-51-50-22-7-12-27-57(50)69(62(51)41-45)55-25-10-5-20-48(55)49-21-6-11-26-56(49)69/h1-41H. The molecule has 0 fully saturated rings. The lowest BCUT2D eigenvalue weighted by Gasteiger charge is -2.40. The molecular weight excluding hydrogens is 887 g/mol. The first kappa shape index (κ1) is 39.3. The van der Waals surface area contributed by atoms with Crippen molar-refractivity contribution in [1.29, 1.82) is 0 Å². The Morgan fingerprint density at radius 2 is 0.753 bits per heavy atom. The summed E-state index contributed by atoms with van der Waals surface area (Å²) in [5.41, 5.74) is 21.3. The van der Waals surface area contributed by atoms with Gasteiger partial charge in [-0.05, 0) is 114 Å². The lowest BCUT2D eigenvalue weighted by Crippen LogP contribution is -2.32. The molecule has 0 radical (unpaired) electrons. The Morgan fingerprint density at radius 1 is 0.288 bits per heavy atom. The van der Waals surface area contributed by atoms with E-state index in [0.717, 1.165) is 83.2 Å². The van der Waals surface area contributed by atoms with Crippen molar-refractivity contribution in [3.8, 4) is 44.9 Å². The van der Waals surface area contributed by atoms with Crippen LogP contribution in [0.2, 0.25) is 0 Å². The number of fused-ring (bicyclic) bond motifs is 26. The van der Waals surface area contributed by atoms with Crippen molar-refractivity contribution in [1.82, 2.24) is 0 Å². The van der Waals surface area contributed by atoms with Gasteiger partial charge in [0.15, 0.2) is 0 Å². The third-order valence-corrected chi connectivity index (χ3v) is 16.9. The van der Waals surface area contributed by atoms with Gasteiger partial charge in [-0.3, -0.25) is 0 Å². The van der Waals surface area contributed by atoms with Gasteiger partial charge in [0.25, 0.3) is 0 Å². The van der Waals surface area contributed by atoms with Crippen LogP contribution in [0.1, 0.15) is 44.5 Å². The van der Waals surface area contributed by atoms with Gasteiger partial charge in [0, 0.05) is 49.6 Å². The van der Waals surface area contributed by atoms with Gasteiger partial charge in [0.1, 0.15) is 22.7 Å². The van der Waals surface area contributed by atoms with Crippen LogP contribution in [0.5, 0.6) is 11.5 Å². The summed E-state index contributed by atoms with van der Waals surface area (Å²) in [7, 11) is 0. The van der Waals surface area contributed by atoms with Gasteiger partial charge in [-0.2, -0.15) is 0 Å². The quantitative estimate of drug-likeness (QED) is 0.177. The topological polar surface area (TPSA) is 25.6 Å². The van der Waals surface area contributed by atoms with Gasteiger partial charge >= 0.3 is 0 Å². The molecule has 3 heteroatoms. The zero-order valence-electron chi connectivity index (χ0n) is 39.4. The van der Waals surface area contributed by atoms with Gasteiger partial charge in [0.05, 0.1) is 16.5 Å². The zero-order valence-corrected chi connectivity index (χ0v) is 39.4. The molecule has 0 N–H and O–H groups in total. The Balaban J connectivity index is 0.988. The Labute approximate surface area is 421 Å². The summed E-state index contributed by atoms with van der Waals surface area (Å²) in [5, 5.41) is 6.68. The first-order valence-electron chi connectivity index (χ1n) is 25.3. The van der Waals surface area contributed by atoms with Crippen molar-refractivity contribution in [2.24, 2.45) is 0 Å². The van der Waals surface area contributed by atoms with Crippen LogP contribution in [0.4, 0.5) is 17.1 Å². The van der Waals surface area contributed by atoms with Crippen LogP contribution in [0.15, 0.2) is 253 Å². The maximum atomic E-state index is 7.35. The zero-order chi connectivity index (χ0) is 47.6. The second-order valence-electron chi connectivity index (χ2n) is 20.2. The van der Waals surface area contributed by atoms with Gasteiger partial charge in [0.2, 0.25) is 0 Å². The largest absolute Gasteiger partial charge is 0.456 e. The number of hydrogen-bond donors (Lipinski definition) is 0. The van der Waals surface area contributed by atoms with E-state index < -0.39 is 10.8 Å². The smallest absolute Gasteiger partial charge is 0.140 e. The molecule has 1 aliphatic heterocycles. The minimum Gasteiger partial charge on any atom is -0.456 e. The molecule has 0 atom stereocenters. The first-order chi connectivity index (χ1) is 36.2. The van der Waals surface area contributed by atoms with E-state index in [4.69, 9.17) is 9.15 Å². The van der Waals surface area contributed by atoms with Crippen molar-refractivity contribution >= 4 is 60.5 Å². The van der Waals surface area contributed by atoms with E-state index in [-0.39, 0.29) is 0 Å². The molecule has 338 valence electrons. The Morgan fingerprint density at radius 3 is 1.40 bits per heavy atom. The molecule has 0 saturated carbocycles. The minimum absolute atomic E-state index is 0.512. The SMILES string of the molecule is c1ccc2c(c1)-c1ccccc1C21c2ccccc2-c2ccc(N(c3ccc4oc5ccccc5c4c3)c3cccc4c3-c3ccccc3C43c4ccc5ccccc5c4Oc4c3ccc3ccccc43)cc21. The fourth-order valence-corrected chi connectivity index (χ4v) is 14.1. The fraction of sp³-hybridized carbons (Fsp3) is 0.0286. The first-order valence-corrected chi connectivity index (χ1v) is 25.3. The van der Waals surface area contributed by atoms with Crippen LogP contribution in [0.25, 0.3) is 76.9 Å². The van der Waals surface area contributed by atoms with E-state index in [1.54, 1.807) is 0 Å². The summed E-state index contributed by atoms with van der Waals surface area (Å²) in [6, 6.07) is 92.3. The highest BCUT2D eigenvalue weighted by Gasteiger charge is 2.54. The third-order valence-electron chi connectivity index (χ3n) is 16.9. The predicted octanol–water partition coefficient (Wildman–Crippen LogP) is 18.2. The molecule has 0 bridgehead atoms. The number of anilines is 3. The number of furan rings is 1. The summed E-state index contributed by atoms with van der Waals surface area (Å²) >= 11 is 0. The normalized spacial score (nSPS) is 14.4. The molecule has 3 aliphatic carbocycles. The lowest BCUT2D eigenvalue weighted by atomic mass is 9.65. The highest BCUT2D eigenvalue weighted by atomic mass is 16.5. The van der Waals surface area contributed by atoms with Crippen LogP contribution in [0, 0.1) is 0 Å². The van der Waals surface area contributed by atoms with Crippen LogP contribution in [-0.4, -0.2) is 0 Å². The predicted molar refractivity (Wildman–Crippen MR) is 297 cm³/mol. The van der Waals surface area contributed by atoms with Gasteiger partial charge in [-0.1, -0.05) is 206 Å². The van der Waals surface area contributed by atoms with Gasteiger partial charge in [-0.15, -0.1) is 0 Å². The highest BCUT2D eigenvalue weighted by molar-refractivity contribution is 6.08. The monoisotopic (exact) mass is 927 g/mol. The van der Waals surface area contributed by atoms with Crippen molar-refractivity contribution < 1.29 is 9.15 Å². The van der Waals surface area contributed by atoms with Crippen LogP contribution in [-0.2, 0) is 10.8 Å². The second kappa shape index (κ2) is 14.1. The van der Waals surface area contributed by atoms with E-state index in [0.29, 0.717) is 0 Å². The number of rotatable bonds is 3. The number of ether oxygens (including phenoxy) is 1. The maximum Gasteiger partial charge on any atom is 0.140 e. The molecule has 3 nitrogen and oxygen atoms in total. The van der Waals surface area contributed by atoms with Crippen molar-refractivity contribution in [3.63, 3.8) is 0 Å². The molecule has 0 amide bonds. The average Bonchev–Trinajstić information content (AvgIpc) is 4.17. The summed E-state index contributed by atoms with van der Waals surface area (Å²) in [5.74, 6) is 1.81. The molecule has 2 spiro atoms. The summed E-state index contributed by atoms with van der Waals surface area (Å²) < 4.78 is 13.9. The summed E-state index contributed by atoms with van der Waals surface area (Å²) in [6.07, 6.45) is 0. The average molecular weight is 928 g/mol. The Kier molecular flexibility index (Phi) is 7.60. The molecular formula is C70H41NO2. The molecule has 17 rings (SSSR count). The van der Waals surface area contributed by atoms with Crippen molar-refractivity contribution in [2.75, 3.05) is 4.90 Å². The molecule has 0 saturated heterocycles. The summed E-state index contributed by atoms with van der Waals surface area (Å²) in [6.45, 7) is 0. The van der Waals surface area contributed by atoms with E-state index in [2.05, 4.69) is 254 Å². The van der Waals surface area contributed by atoms with E-state index in [9.17, 15) is 0 Å². The molecule has 73 heavy (non-hydrogen) atoms. The fourth-order valence-electron chi connectivity index (χ4n) is 14.1. The van der Waals surface area contributed by atoms with Crippen molar-refractivity contribution in [3.05, 3.63) is 293 Å². The van der Waals surface area contributed by atoms with Crippen LogP contribution in [0.3, 0.4) is 0 Å². The number of benzene rings is 12. The molecule has 4 aliphatic rings. The number of hydrogen-bond acceptors (Lipinski definition) is 3. The maximum absolute atomic E-state index is 7.35. The summed E-state index contributed by atoms with van der Waals surface area (Å²) in [4.78, 5) is 2.53. The van der Waals surface area contributed by atoms with Gasteiger partial charge in [-0.25, -0.2) is 0 Å². The molecule has 0 unspecified atom stereocenters. The van der Waals surface area contributed by atoms with E-state index in [1.807, 2.05) is 0 Å². The molecule has 1 aromatic heterocycles. The van der Waals surface area contributed by atoms with Crippen molar-refractivity contribution in [2.45, 2.75) is 10.8 Å². The Hall–Kier alpha value is -9.44. The lowest BCUT2D eigenvalue weighted by molar-refractivity contribution is 0.447. The highest BCUT2D eigenvalue weighted by Crippen LogP contribution is 2.67.